The van der Waals surface area contributed by atoms with Crippen LogP contribution in [0.25, 0.3) is 0 Å². The van der Waals surface area contributed by atoms with Gasteiger partial charge in [0.1, 0.15) is 0 Å². The molecule has 2 aliphatic rings. The number of nitrogens with zero attached hydrogens (tertiary/aromatic N) is 1. The fourth-order valence-electron chi connectivity index (χ4n) is 2.28. The number of rotatable bonds is 3. The lowest BCUT2D eigenvalue weighted by molar-refractivity contribution is -0.154. The first-order chi connectivity index (χ1) is 7.44. The number of nitrogens with two attached hydrogens (primary N) is 1. The first kappa shape index (κ1) is 11.4. The molecule has 1 heterocycles. The van der Waals surface area contributed by atoms with E-state index in [-0.39, 0.29) is 17.7 Å². The van der Waals surface area contributed by atoms with Gasteiger partial charge >= 0.3 is 5.97 Å². The molecule has 0 spiro atoms. The largest absolute Gasteiger partial charge is 0.481 e. The van der Waals surface area contributed by atoms with E-state index in [0.29, 0.717) is 13.1 Å². The van der Waals surface area contributed by atoms with Crippen LogP contribution in [-0.2, 0) is 9.59 Å². The Kier molecular flexibility index (Phi) is 2.66. The average molecular weight is 226 g/mol. The molecule has 1 aliphatic carbocycles. The van der Waals surface area contributed by atoms with Gasteiger partial charge in [0.15, 0.2) is 0 Å². The predicted octanol–water partition coefficient (Wildman–Crippen LogP) is 0.0469. The minimum Gasteiger partial charge on any atom is -0.481 e. The molecular formula is C11H18N2O3. The lowest BCUT2D eigenvalue weighted by Crippen LogP contribution is -2.65. The van der Waals surface area contributed by atoms with Crippen molar-refractivity contribution in [2.75, 3.05) is 13.1 Å². The van der Waals surface area contributed by atoms with Gasteiger partial charge in [-0.2, -0.15) is 0 Å². The van der Waals surface area contributed by atoms with Crippen molar-refractivity contribution in [2.45, 2.75) is 31.7 Å². The Hall–Kier alpha value is -1.10. The minimum absolute atomic E-state index is 0.00703. The Morgan fingerprint density at radius 1 is 1.44 bits per heavy atom. The number of carboxylic acid groups (broad SMARTS) is 1. The SMILES string of the molecule is CC(C(=O)O)C1CN(C(=O)C2(N)CCC2)C1. The van der Waals surface area contributed by atoms with Crippen LogP contribution in [0, 0.1) is 11.8 Å². The van der Waals surface area contributed by atoms with Gasteiger partial charge in [0, 0.05) is 19.0 Å². The Morgan fingerprint density at radius 3 is 2.38 bits per heavy atom. The molecule has 16 heavy (non-hydrogen) atoms. The van der Waals surface area contributed by atoms with Crippen LogP contribution < -0.4 is 5.73 Å². The van der Waals surface area contributed by atoms with Crippen LogP contribution in [0.4, 0.5) is 0 Å². The molecule has 2 fully saturated rings. The Bertz CT molecular complexity index is 319. The number of carboxylic acids is 1. The summed E-state index contributed by atoms with van der Waals surface area (Å²) in [6.07, 6.45) is 2.55. The molecule has 1 aliphatic heterocycles. The second-order valence-corrected chi connectivity index (χ2v) is 5.11. The maximum Gasteiger partial charge on any atom is 0.306 e. The van der Waals surface area contributed by atoms with Crippen molar-refractivity contribution in [1.29, 1.82) is 0 Å². The smallest absolute Gasteiger partial charge is 0.306 e. The van der Waals surface area contributed by atoms with Crippen molar-refractivity contribution in [3.8, 4) is 0 Å². The highest BCUT2D eigenvalue weighted by Crippen LogP contribution is 2.34. The summed E-state index contributed by atoms with van der Waals surface area (Å²) in [7, 11) is 0. The molecule has 1 amide bonds. The number of carbonyl (C=O) groups is 2. The first-order valence-electron chi connectivity index (χ1n) is 5.75. The lowest BCUT2D eigenvalue weighted by Gasteiger charge is -2.47. The second kappa shape index (κ2) is 3.73. The van der Waals surface area contributed by atoms with Gasteiger partial charge in [-0.05, 0) is 19.3 Å². The topological polar surface area (TPSA) is 83.6 Å². The summed E-state index contributed by atoms with van der Waals surface area (Å²) in [4.78, 5) is 24.4. The van der Waals surface area contributed by atoms with Crippen LogP contribution >= 0.6 is 0 Å². The molecule has 1 atom stereocenters. The molecule has 3 N–H and O–H groups in total. The van der Waals surface area contributed by atoms with Gasteiger partial charge in [-0.25, -0.2) is 0 Å². The maximum absolute atomic E-state index is 11.9. The summed E-state index contributed by atoms with van der Waals surface area (Å²) in [5.74, 6) is -1.07. The molecule has 2 rings (SSSR count). The first-order valence-corrected chi connectivity index (χ1v) is 5.75. The molecular weight excluding hydrogens is 208 g/mol. The molecule has 0 radical (unpaired) electrons. The Labute approximate surface area is 94.6 Å². The van der Waals surface area contributed by atoms with Gasteiger partial charge in [0.25, 0.3) is 0 Å². The highest BCUT2D eigenvalue weighted by molar-refractivity contribution is 5.88. The fourth-order valence-corrected chi connectivity index (χ4v) is 2.28. The van der Waals surface area contributed by atoms with Crippen molar-refractivity contribution < 1.29 is 14.7 Å². The predicted molar refractivity (Wildman–Crippen MR) is 57.6 cm³/mol. The van der Waals surface area contributed by atoms with Gasteiger partial charge in [-0.1, -0.05) is 6.92 Å². The summed E-state index contributed by atoms with van der Waals surface area (Å²) in [6, 6.07) is 0. The molecule has 1 saturated heterocycles. The summed E-state index contributed by atoms with van der Waals surface area (Å²) in [5, 5.41) is 8.83. The minimum atomic E-state index is -0.789. The number of likely N-dealkylation sites (tertiary alicyclic amines) is 1. The van der Waals surface area contributed by atoms with E-state index in [4.69, 9.17) is 10.8 Å². The number of aliphatic carboxylic acids is 1. The van der Waals surface area contributed by atoms with Crippen LogP contribution in [0.1, 0.15) is 26.2 Å². The number of hydrogen-bond acceptors (Lipinski definition) is 3. The summed E-state index contributed by atoms with van der Waals surface area (Å²) < 4.78 is 0. The van der Waals surface area contributed by atoms with E-state index in [1.54, 1.807) is 11.8 Å². The van der Waals surface area contributed by atoms with E-state index in [0.717, 1.165) is 19.3 Å². The molecule has 1 saturated carbocycles. The average Bonchev–Trinajstić information content (AvgIpc) is 2.11. The monoisotopic (exact) mass is 226 g/mol. The zero-order valence-corrected chi connectivity index (χ0v) is 9.48. The molecule has 0 aromatic carbocycles. The molecule has 5 nitrogen and oxygen atoms in total. The highest BCUT2D eigenvalue weighted by atomic mass is 16.4. The van der Waals surface area contributed by atoms with Crippen LogP contribution in [0.2, 0.25) is 0 Å². The third-order valence-electron chi connectivity index (χ3n) is 3.97. The standard InChI is InChI=1S/C11H18N2O3/c1-7(9(14)15)8-5-13(6-8)10(16)11(12)3-2-4-11/h7-8H,2-6,12H2,1H3,(H,14,15). The molecule has 0 aromatic heterocycles. The third-order valence-corrected chi connectivity index (χ3v) is 3.97. The third kappa shape index (κ3) is 1.69. The maximum atomic E-state index is 11.9. The Morgan fingerprint density at radius 2 is 2.00 bits per heavy atom. The van der Waals surface area contributed by atoms with Gasteiger partial charge in [0.05, 0.1) is 11.5 Å². The summed E-state index contributed by atoms with van der Waals surface area (Å²) in [5.41, 5.74) is 5.29. The zero-order valence-electron chi connectivity index (χ0n) is 9.48. The number of amides is 1. The molecule has 5 heteroatoms. The van der Waals surface area contributed by atoms with Crippen LogP contribution in [0.15, 0.2) is 0 Å². The normalized spacial score (nSPS) is 25.5. The highest BCUT2D eigenvalue weighted by Gasteiger charge is 2.47. The van der Waals surface area contributed by atoms with Crippen molar-refractivity contribution in [3.05, 3.63) is 0 Å². The van der Waals surface area contributed by atoms with E-state index in [2.05, 4.69) is 0 Å². The Balaban J connectivity index is 1.84. The van der Waals surface area contributed by atoms with Crippen molar-refractivity contribution >= 4 is 11.9 Å². The van der Waals surface area contributed by atoms with Crippen LogP contribution in [0.5, 0.6) is 0 Å². The van der Waals surface area contributed by atoms with E-state index in [1.807, 2.05) is 0 Å². The van der Waals surface area contributed by atoms with E-state index in [9.17, 15) is 9.59 Å². The summed E-state index contributed by atoms with van der Waals surface area (Å²) in [6.45, 7) is 2.78. The van der Waals surface area contributed by atoms with Crippen molar-refractivity contribution in [2.24, 2.45) is 17.6 Å². The van der Waals surface area contributed by atoms with E-state index >= 15 is 0 Å². The van der Waals surface area contributed by atoms with E-state index < -0.39 is 11.5 Å². The lowest BCUT2D eigenvalue weighted by atomic mass is 9.75. The quantitative estimate of drug-likeness (QED) is 0.712. The molecule has 0 aromatic rings. The van der Waals surface area contributed by atoms with Crippen LogP contribution in [-0.4, -0.2) is 40.5 Å². The van der Waals surface area contributed by atoms with Crippen molar-refractivity contribution in [3.63, 3.8) is 0 Å². The molecule has 1 unspecified atom stereocenters. The van der Waals surface area contributed by atoms with Gasteiger partial charge in [-0.3, -0.25) is 9.59 Å². The zero-order chi connectivity index (χ0) is 11.9. The van der Waals surface area contributed by atoms with Gasteiger partial charge in [-0.15, -0.1) is 0 Å². The second-order valence-electron chi connectivity index (χ2n) is 5.11. The number of hydrogen-bond donors (Lipinski definition) is 2. The van der Waals surface area contributed by atoms with E-state index in [1.165, 1.54) is 0 Å². The van der Waals surface area contributed by atoms with Crippen LogP contribution in [0.3, 0.4) is 0 Å². The molecule has 0 bridgehead atoms. The van der Waals surface area contributed by atoms with Gasteiger partial charge in [0.2, 0.25) is 5.91 Å². The van der Waals surface area contributed by atoms with Gasteiger partial charge < -0.3 is 15.7 Å². The fraction of sp³-hybridized carbons (Fsp3) is 0.818. The summed E-state index contributed by atoms with van der Waals surface area (Å²) >= 11 is 0. The molecule has 90 valence electrons. The number of carbonyl (C=O) groups excluding carboxylic acids is 1. The van der Waals surface area contributed by atoms with Crippen molar-refractivity contribution in [1.82, 2.24) is 4.90 Å².